The van der Waals surface area contributed by atoms with Crippen LogP contribution >= 0.6 is 0 Å². The Morgan fingerprint density at radius 2 is 2.05 bits per heavy atom. The van der Waals surface area contributed by atoms with Gasteiger partial charge in [-0.05, 0) is 38.0 Å². The van der Waals surface area contributed by atoms with Crippen molar-refractivity contribution in [3.05, 3.63) is 40.3 Å². The smallest absolute Gasteiger partial charge is 0.274 e. The molecule has 0 aliphatic carbocycles. The first-order valence-electron chi connectivity index (χ1n) is 7.31. The van der Waals surface area contributed by atoms with E-state index in [0.29, 0.717) is 11.6 Å². The number of hydrogen-bond donors (Lipinski definition) is 3. The average Bonchev–Trinajstić information content (AvgIpc) is 3.04. The maximum absolute atomic E-state index is 12.5. The van der Waals surface area contributed by atoms with Crippen LogP contribution in [0.25, 0.3) is 10.9 Å². The second-order valence-corrected chi connectivity index (χ2v) is 5.54. The second kappa shape index (κ2) is 5.29. The van der Waals surface area contributed by atoms with Gasteiger partial charge in [-0.2, -0.15) is 4.98 Å². The number of nitrogens with one attached hydrogen (secondary N) is 3. The fraction of sp³-hybridized carbons (Fsp3) is 0.312. The largest absolute Gasteiger partial charge is 0.350 e. The van der Waals surface area contributed by atoms with Crippen LogP contribution in [-0.2, 0) is 6.42 Å². The van der Waals surface area contributed by atoms with E-state index in [2.05, 4.69) is 44.5 Å². The number of hydrogen-bond acceptors (Lipinski definition) is 3. The van der Waals surface area contributed by atoms with Gasteiger partial charge in [0.15, 0.2) is 0 Å². The van der Waals surface area contributed by atoms with E-state index in [9.17, 15) is 4.79 Å². The molecule has 6 nitrogen and oxygen atoms in total. The number of carbonyl (C=O) groups excluding carboxylic acids is 1. The van der Waals surface area contributed by atoms with Crippen LogP contribution in [0, 0.1) is 20.8 Å². The Kier molecular flexibility index (Phi) is 3.44. The van der Waals surface area contributed by atoms with Gasteiger partial charge in [0.05, 0.1) is 0 Å². The van der Waals surface area contributed by atoms with Gasteiger partial charge in [0, 0.05) is 17.3 Å². The zero-order valence-electron chi connectivity index (χ0n) is 13.2. The Morgan fingerprint density at radius 3 is 2.73 bits per heavy atom. The number of fused-ring (bicyclic) bond motifs is 1. The minimum Gasteiger partial charge on any atom is -0.350 e. The molecule has 114 valence electrons. The monoisotopic (exact) mass is 297 g/mol. The van der Waals surface area contributed by atoms with Crippen LogP contribution in [0.3, 0.4) is 0 Å². The Bertz CT molecular complexity index is 859. The summed E-state index contributed by atoms with van der Waals surface area (Å²) in [5.41, 5.74) is 4.79. The van der Waals surface area contributed by atoms with E-state index in [0.717, 1.165) is 34.3 Å². The van der Waals surface area contributed by atoms with E-state index in [1.165, 1.54) is 5.56 Å². The lowest BCUT2D eigenvalue weighted by Crippen LogP contribution is -2.14. The van der Waals surface area contributed by atoms with Crippen molar-refractivity contribution in [3.63, 3.8) is 0 Å². The van der Waals surface area contributed by atoms with Crippen LogP contribution in [0.2, 0.25) is 0 Å². The molecule has 0 aliphatic heterocycles. The summed E-state index contributed by atoms with van der Waals surface area (Å²) in [6, 6.07) is 4.19. The Labute approximate surface area is 128 Å². The molecule has 3 aromatic rings. The molecule has 0 bridgehead atoms. The van der Waals surface area contributed by atoms with Crippen molar-refractivity contribution < 1.29 is 4.79 Å². The number of benzene rings is 1. The SMILES string of the molecule is CCc1nc(NC(=O)c2[nH]c3c(C)cc(C)cc3c2C)n[nH]1. The molecule has 0 saturated carbocycles. The van der Waals surface area contributed by atoms with Gasteiger partial charge in [0.1, 0.15) is 11.5 Å². The molecule has 3 N–H and O–H groups in total. The van der Waals surface area contributed by atoms with Crippen LogP contribution in [0.4, 0.5) is 5.95 Å². The van der Waals surface area contributed by atoms with E-state index in [1.54, 1.807) is 0 Å². The molecule has 0 atom stereocenters. The van der Waals surface area contributed by atoms with Crippen molar-refractivity contribution in [1.82, 2.24) is 20.2 Å². The molecule has 0 aliphatic rings. The maximum Gasteiger partial charge on any atom is 0.274 e. The number of H-pyrrole nitrogens is 2. The van der Waals surface area contributed by atoms with Crippen LogP contribution in [0.1, 0.15) is 39.9 Å². The minimum atomic E-state index is -0.229. The van der Waals surface area contributed by atoms with E-state index >= 15 is 0 Å². The highest BCUT2D eigenvalue weighted by Gasteiger charge is 2.17. The number of aromatic nitrogens is 4. The standard InChI is InChI=1S/C16H19N5O/c1-5-12-17-16(21-20-12)19-15(22)14-10(4)11-7-8(2)6-9(3)13(11)18-14/h6-7,18H,5H2,1-4H3,(H2,17,19,20,21,22). The Balaban J connectivity index is 1.97. The van der Waals surface area contributed by atoms with Gasteiger partial charge in [-0.25, -0.2) is 0 Å². The van der Waals surface area contributed by atoms with Crippen LogP contribution < -0.4 is 5.32 Å². The molecule has 0 fully saturated rings. The van der Waals surface area contributed by atoms with Crippen molar-refractivity contribution in [3.8, 4) is 0 Å². The number of anilines is 1. The number of aromatic amines is 2. The maximum atomic E-state index is 12.5. The summed E-state index contributed by atoms with van der Waals surface area (Å²) < 4.78 is 0. The molecular formula is C16H19N5O. The average molecular weight is 297 g/mol. The van der Waals surface area contributed by atoms with Crippen LogP contribution in [0.5, 0.6) is 0 Å². The highest BCUT2D eigenvalue weighted by atomic mass is 16.2. The van der Waals surface area contributed by atoms with Gasteiger partial charge in [0.25, 0.3) is 5.91 Å². The first kappa shape index (κ1) is 14.3. The lowest BCUT2D eigenvalue weighted by Gasteiger charge is -1.99. The molecule has 2 aromatic heterocycles. The van der Waals surface area contributed by atoms with Gasteiger partial charge in [0.2, 0.25) is 5.95 Å². The van der Waals surface area contributed by atoms with Crippen molar-refractivity contribution in [2.45, 2.75) is 34.1 Å². The zero-order valence-corrected chi connectivity index (χ0v) is 13.2. The summed E-state index contributed by atoms with van der Waals surface area (Å²) in [7, 11) is 0. The van der Waals surface area contributed by atoms with Gasteiger partial charge in [-0.1, -0.05) is 18.6 Å². The molecule has 22 heavy (non-hydrogen) atoms. The molecule has 3 rings (SSSR count). The van der Waals surface area contributed by atoms with Gasteiger partial charge < -0.3 is 4.98 Å². The Morgan fingerprint density at radius 1 is 1.27 bits per heavy atom. The van der Waals surface area contributed by atoms with Gasteiger partial charge in [-0.3, -0.25) is 15.2 Å². The molecule has 1 amide bonds. The van der Waals surface area contributed by atoms with E-state index in [1.807, 2.05) is 20.8 Å². The van der Waals surface area contributed by atoms with Crippen LogP contribution in [0.15, 0.2) is 12.1 Å². The topological polar surface area (TPSA) is 86.5 Å². The second-order valence-electron chi connectivity index (χ2n) is 5.54. The lowest BCUT2D eigenvalue weighted by molar-refractivity contribution is 0.102. The summed E-state index contributed by atoms with van der Waals surface area (Å²) in [5, 5.41) is 10.6. The summed E-state index contributed by atoms with van der Waals surface area (Å²) in [6.45, 7) is 8.01. The number of aryl methyl sites for hydroxylation is 4. The molecular weight excluding hydrogens is 278 g/mol. The summed E-state index contributed by atoms with van der Waals surface area (Å²) in [5.74, 6) is 0.815. The molecule has 6 heteroatoms. The number of carbonyl (C=O) groups is 1. The summed E-state index contributed by atoms with van der Waals surface area (Å²) in [6.07, 6.45) is 0.743. The fourth-order valence-electron chi connectivity index (χ4n) is 2.68. The number of nitrogens with zero attached hydrogens (tertiary/aromatic N) is 2. The molecule has 0 radical (unpaired) electrons. The van der Waals surface area contributed by atoms with E-state index in [-0.39, 0.29) is 5.91 Å². The predicted molar refractivity (Wildman–Crippen MR) is 86.2 cm³/mol. The number of amides is 1. The van der Waals surface area contributed by atoms with Crippen LogP contribution in [-0.4, -0.2) is 26.1 Å². The first-order chi connectivity index (χ1) is 10.5. The van der Waals surface area contributed by atoms with Gasteiger partial charge in [-0.15, -0.1) is 5.10 Å². The normalized spacial score (nSPS) is 11.1. The van der Waals surface area contributed by atoms with Gasteiger partial charge >= 0.3 is 0 Å². The Hall–Kier alpha value is -2.63. The highest BCUT2D eigenvalue weighted by molar-refractivity contribution is 6.07. The van der Waals surface area contributed by atoms with E-state index < -0.39 is 0 Å². The predicted octanol–water partition coefficient (Wildman–Crippen LogP) is 3.03. The third-order valence-corrected chi connectivity index (χ3v) is 3.83. The molecule has 0 unspecified atom stereocenters. The van der Waals surface area contributed by atoms with Crippen molar-refractivity contribution in [1.29, 1.82) is 0 Å². The lowest BCUT2D eigenvalue weighted by atomic mass is 10.1. The van der Waals surface area contributed by atoms with E-state index in [4.69, 9.17) is 0 Å². The van der Waals surface area contributed by atoms with Crippen molar-refractivity contribution in [2.75, 3.05) is 5.32 Å². The number of rotatable bonds is 3. The van der Waals surface area contributed by atoms with Crippen molar-refractivity contribution >= 4 is 22.8 Å². The molecule has 0 saturated heterocycles. The highest BCUT2D eigenvalue weighted by Crippen LogP contribution is 2.26. The zero-order chi connectivity index (χ0) is 15.9. The molecule has 1 aromatic carbocycles. The quantitative estimate of drug-likeness (QED) is 0.694. The summed E-state index contributed by atoms with van der Waals surface area (Å²) >= 11 is 0. The molecule has 0 spiro atoms. The summed E-state index contributed by atoms with van der Waals surface area (Å²) in [4.78, 5) is 19.9. The fourth-order valence-corrected chi connectivity index (χ4v) is 2.68. The first-order valence-corrected chi connectivity index (χ1v) is 7.31. The third-order valence-electron chi connectivity index (χ3n) is 3.83. The van der Waals surface area contributed by atoms with Crippen molar-refractivity contribution in [2.24, 2.45) is 0 Å². The molecule has 2 heterocycles. The minimum absolute atomic E-state index is 0.229. The third kappa shape index (κ3) is 2.36.